The molecular weight excluding hydrogens is 456 g/mol. The molecule has 1 amide bonds. The number of carbonyl (C=O) groups is 1. The van der Waals surface area contributed by atoms with Gasteiger partial charge in [-0.3, -0.25) is 19.1 Å². The Balaban J connectivity index is 2.08. The van der Waals surface area contributed by atoms with Crippen LogP contribution < -0.4 is 10.5 Å². The van der Waals surface area contributed by atoms with E-state index < -0.39 is 0 Å². The first-order valence-corrected chi connectivity index (χ1v) is 12.9. The lowest BCUT2D eigenvalue weighted by Crippen LogP contribution is -2.37. The number of piperidine rings is 1. The molecule has 0 unspecified atom stereocenters. The Labute approximate surface area is 205 Å². The Morgan fingerprint density at radius 1 is 1.18 bits per heavy atom. The summed E-state index contributed by atoms with van der Waals surface area (Å²) in [6.45, 7) is 9.74. The first-order chi connectivity index (χ1) is 15.9. The van der Waals surface area contributed by atoms with Gasteiger partial charge in [0.15, 0.2) is 0 Å². The van der Waals surface area contributed by atoms with Crippen LogP contribution in [0.2, 0.25) is 0 Å². The van der Waals surface area contributed by atoms with Gasteiger partial charge in [-0.25, -0.2) is 0 Å². The number of hydrogen-bond acceptors (Lipinski definition) is 7. The van der Waals surface area contributed by atoms with Crippen molar-refractivity contribution in [2.24, 2.45) is 0 Å². The lowest BCUT2D eigenvalue weighted by atomic mass is 10.0. The number of nitrogens with zero attached hydrogens (tertiary/aromatic N) is 4. The summed E-state index contributed by atoms with van der Waals surface area (Å²) in [5, 5.41) is 9.74. The minimum Gasteiger partial charge on any atom is -0.382 e. The zero-order valence-electron chi connectivity index (χ0n) is 19.7. The predicted molar refractivity (Wildman–Crippen MR) is 137 cm³/mol. The fourth-order valence-corrected chi connectivity index (χ4v) is 5.60. The van der Waals surface area contributed by atoms with Gasteiger partial charge in [-0.2, -0.15) is 5.26 Å². The van der Waals surface area contributed by atoms with Crippen molar-refractivity contribution in [2.75, 3.05) is 37.7 Å². The van der Waals surface area contributed by atoms with Crippen LogP contribution in [0.15, 0.2) is 9.70 Å². The molecule has 0 aromatic carbocycles. The summed E-state index contributed by atoms with van der Waals surface area (Å²) >= 11 is 6.77. The second-order valence-corrected chi connectivity index (χ2v) is 9.91. The lowest BCUT2D eigenvalue weighted by Gasteiger charge is -2.33. The number of amides is 1. The highest BCUT2D eigenvalue weighted by molar-refractivity contribution is 8.26. The minimum atomic E-state index is -0.252. The number of aromatic nitrogens is 1. The van der Waals surface area contributed by atoms with Crippen molar-refractivity contribution in [3.05, 3.63) is 31.9 Å². The maximum atomic E-state index is 13.2. The summed E-state index contributed by atoms with van der Waals surface area (Å²) in [6.07, 6.45) is 6.61. The Hall–Kier alpha value is -2.15. The summed E-state index contributed by atoms with van der Waals surface area (Å²) in [5.41, 5.74) is 1.29. The van der Waals surface area contributed by atoms with Crippen molar-refractivity contribution in [1.82, 2.24) is 9.47 Å². The molecular formula is C24H32N4O3S2. The van der Waals surface area contributed by atoms with E-state index in [0.717, 1.165) is 43.7 Å². The predicted octanol–water partition coefficient (Wildman–Crippen LogP) is 4.06. The molecule has 178 valence electrons. The second-order valence-electron chi connectivity index (χ2n) is 8.24. The molecule has 7 nitrogen and oxygen atoms in total. The fraction of sp³-hybridized carbons (Fsp3) is 0.583. The van der Waals surface area contributed by atoms with Gasteiger partial charge in [-0.05, 0) is 57.6 Å². The molecule has 3 rings (SSSR count). The standard InChI is InChI=1S/C24H32N4O3S2/c1-4-10-27-21(26-11-7-6-8-12-26)18(17(3)19(16-25)22(27)29)15-20-23(30)28(24(32)33-20)13-9-14-31-5-2/h15H,4-14H2,1-3H3/b20-15+. The van der Waals surface area contributed by atoms with Crippen LogP contribution in [0.1, 0.15) is 62.6 Å². The summed E-state index contributed by atoms with van der Waals surface area (Å²) in [6, 6.07) is 2.10. The van der Waals surface area contributed by atoms with E-state index in [2.05, 4.69) is 11.0 Å². The monoisotopic (exact) mass is 488 g/mol. The third kappa shape index (κ3) is 5.51. The maximum Gasteiger partial charge on any atom is 0.270 e. The maximum absolute atomic E-state index is 13.2. The van der Waals surface area contributed by atoms with E-state index in [0.29, 0.717) is 47.5 Å². The van der Waals surface area contributed by atoms with Gasteiger partial charge in [0.25, 0.3) is 11.5 Å². The quantitative estimate of drug-likeness (QED) is 0.295. The highest BCUT2D eigenvalue weighted by atomic mass is 32.2. The highest BCUT2D eigenvalue weighted by Crippen LogP contribution is 2.36. The van der Waals surface area contributed by atoms with E-state index in [4.69, 9.17) is 17.0 Å². The third-order valence-corrected chi connectivity index (χ3v) is 7.35. The molecule has 9 heteroatoms. The number of nitriles is 1. The molecule has 1 aromatic heterocycles. The normalized spacial score (nSPS) is 17.8. The van der Waals surface area contributed by atoms with Crippen LogP contribution in [0, 0.1) is 18.3 Å². The van der Waals surface area contributed by atoms with Gasteiger partial charge in [-0.15, -0.1) is 0 Å². The Kier molecular flexibility index (Phi) is 9.12. The number of anilines is 1. The molecule has 0 N–H and O–H groups in total. The number of hydrogen-bond donors (Lipinski definition) is 0. The first kappa shape index (κ1) is 25.5. The van der Waals surface area contributed by atoms with Gasteiger partial charge in [0.1, 0.15) is 21.8 Å². The van der Waals surface area contributed by atoms with Crippen molar-refractivity contribution in [3.63, 3.8) is 0 Å². The zero-order valence-corrected chi connectivity index (χ0v) is 21.3. The summed E-state index contributed by atoms with van der Waals surface area (Å²) < 4.78 is 7.64. The Morgan fingerprint density at radius 2 is 1.91 bits per heavy atom. The van der Waals surface area contributed by atoms with Gasteiger partial charge in [-0.1, -0.05) is 30.9 Å². The van der Waals surface area contributed by atoms with E-state index in [-0.39, 0.29) is 17.0 Å². The number of thioether (sulfide) groups is 1. The van der Waals surface area contributed by atoms with E-state index in [1.54, 1.807) is 16.4 Å². The van der Waals surface area contributed by atoms with Crippen molar-refractivity contribution >= 4 is 46.1 Å². The van der Waals surface area contributed by atoms with Gasteiger partial charge >= 0.3 is 0 Å². The van der Waals surface area contributed by atoms with Crippen LogP contribution >= 0.6 is 24.0 Å². The molecule has 0 bridgehead atoms. The average molecular weight is 489 g/mol. The molecule has 2 fully saturated rings. The van der Waals surface area contributed by atoms with Crippen LogP contribution in [0.4, 0.5) is 5.82 Å². The van der Waals surface area contributed by atoms with Gasteiger partial charge in [0.05, 0.1) is 4.91 Å². The molecule has 0 radical (unpaired) electrons. The van der Waals surface area contributed by atoms with E-state index in [9.17, 15) is 14.9 Å². The van der Waals surface area contributed by atoms with Crippen molar-refractivity contribution in [1.29, 1.82) is 5.26 Å². The molecule has 0 spiro atoms. The topological polar surface area (TPSA) is 78.6 Å². The van der Waals surface area contributed by atoms with Crippen LogP contribution in [0.3, 0.4) is 0 Å². The molecule has 0 aliphatic carbocycles. The summed E-state index contributed by atoms with van der Waals surface area (Å²) in [5.74, 6) is 0.692. The van der Waals surface area contributed by atoms with E-state index in [1.807, 2.05) is 19.9 Å². The molecule has 2 aliphatic rings. The molecule has 2 aliphatic heterocycles. The largest absolute Gasteiger partial charge is 0.382 e. The van der Waals surface area contributed by atoms with E-state index in [1.165, 1.54) is 18.2 Å². The number of ether oxygens (including phenoxy) is 1. The molecule has 33 heavy (non-hydrogen) atoms. The van der Waals surface area contributed by atoms with Crippen molar-refractivity contribution < 1.29 is 9.53 Å². The molecule has 1 aromatic rings. The second kappa shape index (κ2) is 11.8. The van der Waals surface area contributed by atoms with Gasteiger partial charge < -0.3 is 9.64 Å². The van der Waals surface area contributed by atoms with Crippen LogP contribution in [0.25, 0.3) is 6.08 Å². The first-order valence-electron chi connectivity index (χ1n) is 11.7. The number of carbonyl (C=O) groups excluding carboxylic acids is 1. The fourth-order valence-electron chi connectivity index (χ4n) is 4.31. The molecule has 2 saturated heterocycles. The highest BCUT2D eigenvalue weighted by Gasteiger charge is 2.33. The molecule has 0 atom stereocenters. The molecule has 3 heterocycles. The molecule has 0 saturated carbocycles. The van der Waals surface area contributed by atoms with Crippen LogP contribution in [-0.4, -0.2) is 52.5 Å². The van der Waals surface area contributed by atoms with Crippen molar-refractivity contribution in [2.45, 2.75) is 59.4 Å². The van der Waals surface area contributed by atoms with Gasteiger partial charge in [0, 0.05) is 45.0 Å². The van der Waals surface area contributed by atoms with E-state index >= 15 is 0 Å². The van der Waals surface area contributed by atoms with Crippen LogP contribution in [0.5, 0.6) is 0 Å². The Bertz CT molecular complexity index is 1040. The number of pyridine rings is 1. The lowest BCUT2D eigenvalue weighted by molar-refractivity contribution is -0.122. The van der Waals surface area contributed by atoms with Gasteiger partial charge in [0.2, 0.25) is 0 Å². The number of thiocarbonyl (C=S) groups is 1. The smallest absolute Gasteiger partial charge is 0.270 e. The third-order valence-electron chi connectivity index (χ3n) is 5.97. The van der Waals surface area contributed by atoms with Crippen molar-refractivity contribution in [3.8, 4) is 6.07 Å². The van der Waals surface area contributed by atoms with Crippen LogP contribution in [-0.2, 0) is 16.1 Å². The average Bonchev–Trinajstić information content (AvgIpc) is 3.08. The Morgan fingerprint density at radius 3 is 2.55 bits per heavy atom. The summed E-state index contributed by atoms with van der Waals surface area (Å²) in [4.78, 5) is 30.7. The number of rotatable bonds is 9. The zero-order chi connectivity index (χ0) is 24.0. The minimum absolute atomic E-state index is 0.128. The summed E-state index contributed by atoms with van der Waals surface area (Å²) in [7, 11) is 0. The SMILES string of the molecule is CCCn1c(N2CCCCC2)c(/C=C2/SC(=S)N(CCCOCC)C2=O)c(C)c(C#N)c1=O.